The molecule has 21 heavy (non-hydrogen) atoms. The smallest absolute Gasteiger partial charge is 0.123 e. The molecule has 0 fully saturated rings. The van der Waals surface area contributed by atoms with E-state index in [9.17, 15) is 4.39 Å². The molecular formula is C18H30FNO. The van der Waals surface area contributed by atoms with Crippen LogP contribution < -0.4 is 5.73 Å². The molecule has 0 spiro atoms. The van der Waals surface area contributed by atoms with E-state index in [2.05, 4.69) is 13.8 Å². The Labute approximate surface area is 128 Å². The van der Waals surface area contributed by atoms with Crippen LogP contribution in [0, 0.1) is 11.7 Å². The third kappa shape index (κ3) is 6.15. The minimum atomic E-state index is -0.234. The summed E-state index contributed by atoms with van der Waals surface area (Å²) in [5.74, 6) is 0.326. The van der Waals surface area contributed by atoms with Gasteiger partial charge in [0.05, 0.1) is 12.7 Å². The van der Waals surface area contributed by atoms with Gasteiger partial charge in [0, 0.05) is 6.04 Å². The van der Waals surface area contributed by atoms with Crippen molar-refractivity contribution in [3.05, 3.63) is 35.6 Å². The van der Waals surface area contributed by atoms with Crippen LogP contribution in [0.15, 0.2) is 24.3 Å². The van der Waals surface area contributed by atoms with Crippen molar-refractivity contribution in [2.45, 2.75) is 65.0 Å². The first-order valence-electron chi connectivity index (χ1n) is 8.24. The predicted octanol–water partition coefficient (Wildman–Crippen LogP) is 4.84. The molecule has 1 aromatic carbocycles. The molecule has 0 amide bonds. The van der Waals surface area contributed by atoms with Crippen LogP contribution >= 0.6 is 0 Å². The number of hydrogen-bond donors (Lipinski definition) is 1. The van der Waals surface area contributed by atoms with Crippen molar-refractivity contribution in [2.75, 3.05) is 6.61 Å². The van der Waals surface area contributed by atoms with Crippen LogP contribution in [-0.4, -0.2) is 12.6 Å². The van der Waals surface area contributed by atoms with Crippen molar-refractivity contribution in [1.29, 1.82) is 0 Å². The minimum absolute atomic E-state index is 0.101. The molecule has 0 aliphatic rings. The van der Waals surface area contributed by atoms with Gasteiger partial charge in [-0.2, -0.15) is 0 Å². The molecule has 2 N–H and O–H groups in total. The molecule has 0 aliphatic heterocycles. The third-order valence-electron chi connectivity index (χ3n) is 4.09. The molecule has 1 rings (SSSR count). The lowest BCUT2D eigenvalue weighted by Gasteiger charge is -2.26. The zero-order chi connectivity index (χ0) is 15.7. The maximum Gasteiger partial charge on any atom is 0.123 e. The first kappa shape index (κ1) is 18.1. The lowest BCUT2D eigenvalue weighted by atomic mass is 9.98. The van der Waals surface area contributed by atoms with Crippen LogP contribution in [0.4, 0.5) is 4.39 Å². The Kier molecular flexibility index (Phi) is 8.55. The van der Waals surface area contributed by atoms with E-state index in [-0.39, 0.29) is 18.0 Å². The molecule has 1 aromatic rings. The van der Waals surface area contributed by atoms with Crippen molar-refractivity contribution >= 4 is 0 Å². The van der Waals surface area contributed by atoms with Gasteiger partial charge < -0.3 is 10.5 Å². The summed E-state index contributed by atoms with van der Waals surface area (Å²) >= 11 is 0. The van der Waals surface area contributed by atoms with E-state index >= 15 is 0 Å². The van der Waals surface area contributed by atoms with Gasteiger partial charge in [-0.25, -0.2) is 4.39 Å². The summed E-state index contributed by atoms with van der Waals surface area (Å²) in [7, 11) is 0. The second-order valence-corrected chi connectivity index (χ2v) is 5.80. The average molecular weight is 295 g/mol. The lowest BCUT2D eigenvalue weighted by molar-refractivity contribution is 0.00858. The van der Waals surface area contributed by atoms with E-state index in [0.29, 0.717) is 12.5 Å². The number of nitrogens with two attached hydrogens (primary N) is 1. The summed E-state index contributed by atoms with van der Waals surface area (Å²) in [6.45, 7) is 7.14. The fourth-order valence-electron chi connectivity index (χ4n) is 2.50. The van der Waals surface area contributed by atoms with Gasteiger partial charge in [-0.15, -0.1) is 0 Å². The van der Waals surface area contributed by atoms with E-state index in [1.807, 2.05) is 13.0 Å². The molecule has 3 unspecified atom stereocenters. The van der Waals surface area contributed by atoms with Crippen molar-refractivity contribution in [1.82, 2.24) is 0 Å². The Balaban J connectivity index is 2.70. The van der Waals surface area contributed by atoms with Crippen molar-refractivity contribution in [3.8, 4) is 0 Å². The van der Waals surface area contributed by atoms with E-state index < -0.39 is 0 Å². The first-order valence-corrected chi connectivity index (χ1v) is 8.24. The number of hydrogen-bond acceptors (Lipinski definition) is 2. The summed E-state index contributed by atoms with van der Waals surface area (Å²) in [5.41, 5.74) is 7.02. The van der Waals surface area contributed by atoms with Crippen molar-refractivity contribution in [2.24, 2.45) is 11.7 Å². The second kappa shape index (κ2) is 9.91. The summed E-state index contributed by atoms with van der Waals surface area (Å²) in [5, 5.41) is 0. The highest BCUT2D eigenvalue weighted by Gasteiger charge is 2.21. The minimum Gasteiger partial charge on any atom is -0.372 e. The maximum atomic E-state index is 13.4. The lowest BCUT2D eigenvalue weighted by Crippen LogP contribution is -2.31. The summed E-state index contributed by atoms with van der Waals surface area (Å²) < 4.78 is 19.5. The summed E-state index contributed by atoms with van der Waals surface area (Å²) in [6, 6.07) is 6.51. The molecular weight excluding hydrogens is 265 g/mol. The van der Waals surface area contributed by atoms with Gasteiger partial charge >= 0.3 is 0 Å². The zero-order valence-corrected chi connectivity index (χ0v) is 13.6. The highest BCUT2D eigenvalue weighted by Crippen LogP contribution is 2.25. The van der Waals surface area contributed by atoms with Gasteiger partial charge in [0.25, 0.3) is 0 Å². The maximum absolute atomic E-state index is 13.4. The standard InChI is InChI=1S/C18H30FNO/c1-4-7-9-14(5-2)13-21-18(17(20)6-3)15-10-8-11-16(19)12-15/h8,10-12,14,17-18H,4-7,9,13,20H2,1-3H3. The average Bonchev–Trinajstić information content (AvgIpc) is 2.50. The van der Waals surface area contributed by atoms with Crippen molar-refractivity contribution < 1.29 is 9.13 Å². The van der Waals surface area contributed by atoms with Gasteiger partial charge in [0.1, 0.15) is 5.82 Å². The fourth-order valence-corrected chi connectivity index (χ4v) is 2.50. The van der Waals surface area contributed by atoms with Crippen molar-refractivity contribution in [3.63, 3.8) is 0 Å². The van der Waals surface area contributed by atoms with E-state index in [1.165, 1.54) is 31.4 Å². The zero-order valence-electron chi connectivity index (χ0n) is 13.6. The number of halogens is 1. The number of benzene rings is 1. The molecule has 0 heterocycles. The molecule has 0 aromatic heterocycles. The molecule has 0 aliphatic carbocycles. The normalized spacial score (nSPS) is 15.7. The van der Waals surface area contributed by atoms with Crippen LogP contribution in [0.1, 0.15) is 64.5 Å². The molecule has 0 saturated carbocycles. The molecule has 0 radical (unpaired) electrons. The van der Waals surface area contributed by atoms with Crippen LogP contribution in [0.2, 0.25) is 0 Å². The molecule has 3 atom stereocenters. The highest BCUT2D eigenvalue weighted by molar-refractivity contribution is 5.20. The predicted molar refractivity (Wildman–Crippen MR) is 86.7 cm³/mol. The van der Waals surface area contributed by atoms with Gasteiger partial charge in [-0.1, -0.05) is 52.2 Å². The quantitative estimate of drug-likeness (QED) is 0.670. The Bertz CT molecular complexity index is 397. The third-order valence-corrected chi connectivity index (χ3v) is 4.09. The van der Waals surface area contributed by atoms with E-state index in [4.69, 9.17) is 10.5 Å². The largest absolute Gasteiger partial charge is 0.372 e. The van der Waals surface area contributed by atoms with Gasteiger partial charge in [-0.3, -0.25) is 0 Å². The van der Waals surface area contributed by atoms with Crippen LogP contribution in [0.5, 0.6) is 0 Å². The topological polar surface area (TPSA) is 35.2 Å². The summed E-state index contributed by atoms with van der Waals surface area (Å²) in [4.78, 5) is 0. The molecule has 3 heteroatoms. The highest BCUT2D eigenvalue weighted by atomic mass is 19.1. The van der Waals surface area contributed by atoms with Crippen LogP contribution in [0.3, 0.4) is 0 Å². The van der Waals surface area contributed by atoms with Gasteiger partial charge in [-0.05, 0) is 36.5 Å². The Morgan fingerprint density at radius 2 is 1.95 bits per heavy atom. The van der Waals surface area contributed by atoms with E-state index in [1.54, 1.807) is 6.07 Å². The number of ether oxygens (including phenoxy) is 1. The molecule has 2 nitrogen and oxygen atoms in total. The monoisotopic (exact) mass is 295 g/mol. The van der Waals surface area contributed by atoms with Gasteiger partial charge in [0.15, 0.2) is 0 Å². The van der Waals surface area contributed by atoms with Crippen LogP contribution in [0.25, 0.3) is 0 Å². The van der Waals surface area contributed by atoms with E-state index in [0.717, 1.165) is 18.4 Å². The van der Waals surface area contributed by atoms with Gasteiger partial charge in [0.2, 0.25) is 0 Å². The Morgan fingerprint density at radius 1 is 1.19 bits per heavy atom. The fraction of sp³-hybridized carbons (Fsp3) is 0.667. The summed E-state index contributed by atoms with van der Waals surface area (Å²) in [6.07, 6.45) is 5.32. The second-order valence-electron chi connectivity index (χ2n) is 5.80. The SMILES string of the molecule is CCCCC(CC)COC(c1cccc(F)c1)C(N)CC. The molecule has 120 valence electrons. The first-order chi connectivity index (χ1) is 10.1. The number of rotatable bonds is 10. The Hall–Kier alpha value is -0.930. The molecule has 0 bridgehead atoms. The number of unbranched alkanes of at least 4 members (excludes halogenated alkanes) is 1. The van der Waals surface area contributed by atoms with Crippen LogP contribution in [-0.2, 0) is 4.74 Å². The Morgan fingerprint density at radius 3 is 2.52 bits per heavy atom. The molecule has 0 saturated heterocycles.